The predicted molar refractivity (Wildman–Crippen MR) is 113 cm³/mol. The van der Waals surface area contributed by atoms with Crippen molar-refractivity contribution < 1.29 is 9.53 Å². The number of amides is 1. The van der Waals surface area contributed by atoms with Gasteiger partial charge in [0.25, 0.3) is 5.91 Å². The zero-order valence-corrected chi connectivity index (χ0v) is 17.7. The molecule has 2 atom stereocenters. The van der Waals surface area contributed by atoms with Crippen LogP contribution in [-0.2, 0) is 0 Å². The maximum atomic E-state index is 12.4. The molecule has 5 nitrogen and oxygen atoms in total. The van der Waals surface area contributed by atoms with Gasteiger partial charge in [0.05, 0.1) is 10.6 Å². The Bertz CT molecular complexity index is 759. The first-order chi connectivity index (χ1) is 12.0. The van der Waals surface area contributed by atoms with E-state index in [4.69, 9.17) is 27.9 Å². The van der Waals surface area contributed by atoms with Crippen LogP contribution in [0.5, 0.6) is 11.6 Å². The number of hydrogen-bond donors (Lipinski definition) is 2. The van der Waals surface area contributed by atoms with Crippen molar-refractivity contribution in [1.29, 1.82) is 0 Å². The molecule has 9 heteroatoms. The Morgan fingerprint density at radius 2 is 2.04 bits per heavy atom. The van der Waals surface area contributed by atoms with Crippen molar-refractivity contribution >= 4 is 53.9 Å². The lowest BCUT2D eigenvalue weighted by molar-refractivity contribution is 0.0914. The number of carbonyl (C=O) groups excluding carboxylic acids is 1. The van der Waals surface area contributed by atoms with Crippen molar-refractivity contribution in [2.24, 2.45) is 5.92 Å². The lowest BCUT2D eigenvalue weighted by Gasteiger charge is -2.30. The topological polar surface area (TPSA) is 63.2 Å². The molecule has 0 aliphatic carbocycles. The minimum absolute atomic E-state index is 0. The number of rotatable bonds is 4. The first-order valence-corrected chi connectivity index (χ1v) is 8.89. The van der Waals surface area contributed by atoms with E-state index in [0.717, 1.165) is 19.5 Å². The number of ether oxygens (including phenoxy) is 1. The average Bonchev–Trinajstić information content (AvgIpc) is 2.61. The lowest BCUT2D eigenvalue weighted by Crippen LogP contribution is -2.48. The summed E-state index contributed by atoms with van der Waals surface area (Å²) in [5, 5.41) is 7.12. The first kappa shape index (κ1) is 23.8. The molecule has 27 heavy (non-hydrogen) atoms. The third-order valence-electron chi connectivity index (χ3n) is 4.23. The van der Waals surface area contributed by atoms with Gasteiger partial charge >= 0.3 is 0 Å². The number of piperidine rings is 1. The Balaban J connectivity index is 0.00000182. The van der Waals surface area contributed by atoms with Crippen LogP contribution in [0.3, 0.4) is 0 Å². The molecule has 1 aliphatic rings. The summed E-state index contributed by atoms with van der Waals surface area (Å²) in [6.45, 7) is 3.96. The Morgan fingerprint density at radius 3 is 2.70 bits per heavy atom. The van der Waals surface area contributed by atoms with Gasteiger partial charge in [-0.15, -0.1) is 24.8 Å². The highest BCUT2D eigenvalue weighted by Gasteiger charge is 2.23. The third-order valence-corrected chi connectivity index (χ3v) is 5.03. The normalized spacial score (nSPS) is 18.6. The van der Waals surface area contributed by atoms with Crippen LogP contribution in [0.1, 0.15) is 23.7 Å². The van der Waals surface area contributed by atoms with Gasteiger partial charge in [-0.25, -0.2) is 4.98 Å². The maximum absolute atomic E-state index is 12.4. The molecule has 0 bridgehead atoms. The van der Waals surface area contributed by atoms with Crippen LogP contribution in [0.4, 0.5) is 0 Å². The van der Waals surface area contributed by atoms with Crippen LogP contribution in [-0.4, -0.2) is 30.0 Å². The summed E-state index contributed by atoms with van der Waals surface area (Å²) >= 11 is 12.1. The van der Waals surface area contributed by atoms with E-state index >= 15 is 0 Å². The van der Waals surface area contributed by atoms with E-state index in [9.17, 15) is 4.79 Å². The van der Waals surface area contributed by atoms with Gasteiger partial charge in [-0.05, 0) is 43.6 Å². The number of carbonyl (C=O) groups is 1. The van der Waals surface area contributed by atoms with E-state index in [1.165, 1.54) is 6.20 Å². The molecule has 2 heterocycles. The lowest BCUT2D eigenvalue weighted by atomic mass is 9.95. The molecule has 1 saturated heterocycles. The van der Waals surface area contributed by atoms with E-state index in [-0.39, 0.29) is 36.8 Å². The van der Waals surface area contributed by atoms with Crippen LogP contribution < -0.4 is 15.4 Å². The monoisotopic (exact) mass is 451 g/mol. The summed E-state index contributed by atoms with van der Waals surface area (Å²) in [5.41, 5.74) is 0.496. The number of hydrogen-bond acceptors (Lipinski definition) is 4. The van der Waals surface area contributed by atoms with Gasteiger partial charge in [0.2, 0.25) is 5.88 Å². The second-order valence-electron chi connectivity index (χ2n) is 6.09. The molecule has 3 rings (SSSR count). The summed E-state index contributed by atoms with van der Waals surface area (Å²) < 4.78 is 5.62. The van der Waals surface area contributed by atoms with E-state index in [1.54, 1.807) is 30.3 Å². The van der Waals surface area contributed by atoms with Crippen molar-refractivity contribution in [3.05, 3.63) is 52.1 Å². The van der Waals surface area contributed by atoms with Gasteiger partial charge in [-0.2, -0.15) is 0 Å². The highest BCUT2D eigenvalue weighted by atomic mass is 35.5. The van der Waals surface area contributed by atoms with Crippen LogP contribution in [0.2, 0.25) is 10.0 Å². The number of aromatic nitrogens is 1. The Hall–Kier alpha value is -1.24. The second kappa shape index (κ2) is 10.9. The van der Waals surface area contributed by atoms with Crippen molar-refractivity contribution in [2.45, 2.75) is 19.4 Å². The summed E-state index contributed by atoms with van der Waals surface area (Å²) in [7, 11) is 0. The molecule has 1 aliphatic heterocycles. The van der Waals surface area contributed by atoms with Crippen molar-refractivity contribution in [3.8, 4) is 11.6 Å². The number of nitrogens with one attached hydrogen (secondary N) is 2. The van der Waals surface area contributed by atoms with Crippen LogP contribution in [0, 0.1) is 5.92 Å². The van der Waals surface area contributed by atoms with Crippen molar-refractivity contribution in [3.63, 3.8) is 0 Å². The number of nitrogens with zero attached hydrogens (tertiary/aromatic N) is 1. The predicted octanol–water partition coefficient (Wildman–Crippen LogP) is 4.75. The largest absolute Gasteiger partial charge is 0.437 e. The quantitative estimate of drug-likeness (QED) is 0.702. The molecule has 0 saturated carbocycles. The highest BCUT2D eigenvalue weighted by Crippen LogP contribution is 2.33. The summed E-state index contributed by atoms with van der Waals surface area (Å²) in [6.07, 6.45) is 2.42. The first-order valence-electron chi connectivity index (χ1n) is 8.14. The summed E-state index contributed by atoms with van der Waals surface area (Å²) in [4.78, 5) is 16.6. The number of benzene rings is 1. The Kier molecular flexibility index (Phi) is 9.63. The second-order valence-corrected chi connectivity index (χ2v) is 6.87. The molecule has 2 N–H and O–H groups in total. The standard InChI is InChI=1S/C18H19Cl2N3O2.2ClH/c1-11-9-21-8-7-14(11)23-18(24)12-5-6-16(22-10-12)25-15-4-2-3-13(19)17(15)20;;/h2-6,10-11,14,21H,7-9H2,1H3,(H,23,24);2*1H. The molecule has 0 radical (unpaired) electrons. The average molecular weight is 453 g/mol. The molecule has 1 aromatic carbocycles. The number of halogens is 4. The SMILES string of the molecule is CC1CNCCC1NC(=O)c1ccc(Oc2cccc(Cl)c2Cl)nc1.Cl.Cl. The molecule has 148 valence electrons. The highest BCUT2D eigenvalue weighted by molar-refractivity contribution is 6.42. The van der Waals surface area contributed by atoms with E-state index in [1.807, 2.05) is 0 Å². The summed E-state index contributed by atoms with van der Waals surface area (Å²) in [5.74, 6) is 1.04. The van der Waals surface area contributed by atoms with E-state index < -0.39 is 0 Å². The minimum Gasteiger partial charge on any atom is -0.437 e. The molecule has 1 amide bonds. The van der Waals surface area contributed by atoms with Gasteiger partial charge in [0, 0.05) is 18.3 Å². The Labute approximate surface area is 181 Å². The molecule has 2 unspecified atom stereocenters. The zero-order valence-electron chi connectivity index (χ0n) is 14.6. The van der Waals surface area contributed by atoms with E-state index in [0.29, 0.717) is 33.2 Å². The molecule has 0 spiro atoms. The van der Waals surface area contributed by atoms with Gasteiger partial charge in [-0.1, -0.05) is 36.2 Å². The van der Waals surface area contributed by atoms with Gasteiger partial charge < -0.3 is 15.4 Å². The molecular weight excluding hydrogens is 432 g/mol. The fourth-order valence-electron chi connectivity index (χ4n) is 2.73. The fourth-order valence-corrected chi connectivity index (χ4v) is 3.06. The summed E-state index contributed by atoms with van der Waals surface area (Å²) in [6, 6.07) is 8.62. The van der Waals surface area contributed by atoms with Crippen molar-refractivity contribution in [2.75, 3.05) is 13.1 Å². The minimum atomic E-state index is -0.126. The third kappa shape index (κ3) is 6.13. The fraction of sp³-hybridized carbons (Fsp3) is 0.333. The molecular formula is C18H21Cl4N3O2. The van der Waals surface area contributed by atoms with Gasteiger partial charge in [-0.3, -0.25) is 4.79 Å². The number of pyridine rings is 1. The van der Waals surface area contributed by atoms with Crippen LogP contribution in [0.15, 0.2) is 36.5 Å². The van der Waals surface area contributed by atoms with Gasteiger partial charge in [0.1, 0.15) is 10.8 Å². The van der Waals surface area contributed by atoms with E-state index in [2.05, 4.69) is 22.5 Å². The molecule has 1 fully saturated rings. The Morgan fingerprint density at radius 1 is 1.26 bits per heavy atom. The maximum Gasteiger partial charge on any atom is 0.253 e. The zero-order chi connectivity index (χ0) is 17.8. The van der Waals surface area contributed by atoms with Crippen molar-refractivity contribution in [1.82, 2.24) is 15.6 Å². The molecule has 2 aromatic rings. The van der Waals surface area contributed by atoms with Crippen LogP contribution in [0.25, 0.3) is 0 Å². The smallest absolute Gasteiger partial charge is 0.253 e. The van der Waals surface area contributed by atoms with Gasteiger partial charge in [0.15, 0.2) is 0 Å². The molecule has 1 aromatic heterocycles. The van der Waals surface area contributed by atoms with Crippen LogP contribution >= 0.6 is 48.0 Å².